The molecule has 1 aromatic carbocycles. The Hall–Kier alpha value is -0.960. The molecule has 1 saturated carbocycles. The second-order valence-electron chi connectivity index (χ2n) is 6.69. The van der Waals surface area contributed by atoms with Crippen LogP contribution in [0.1, 0.15) is 30.7 Å². The number of hydrogen-bond acceptors (Lipinski definition) is 2. The zero-order chi connectivity index (χ0) is 16.9. The van der Waals surface area contributed by atoms with Crippen LogP contribution >= 0.6 is 24.0 Å². The Bertz CT molecular complexity index is 547. The lowest BCUT2D eigenvalue weighted by Gasteiger charge is -2.32. The number of guanidine groups is 1. The molecule has 2 N–H and O–H groups in total. The van der Waals surface area contributed by atoms with E-state index in [4.69, 9.17) is 0 Å². The van der Waals surface area contributed by atoms with Crippen LogP contribution in [0.25, 0.3) is 0 Å². The molecule has 1 saturated heterocycles. The molecule has 0 spiro atoms. The van der Waals surface area contributed by atoms with Crippen molar-refractivity contribution in [1.29, 1.82) is 0 Å². The van der Waals surface area contributed by atoms with Crippen LogP contribution in [0.4, 0.5) is 8.78 Å². The van der Waals surface area contributed by atoms with E-state index >= 15 is 0 Å². The number of nitrogens with zero attached hydrogens (tertiary/aromatic N) is 2. The van der Waals surface area contributed by atoms with Crippen molar-refractivity contribution in [3.63, 3.8) is 0 Å². The second-order valence-corrected chi connectivity index (χ2v) is 6.69. The van der Waals surface area contributed by atoms with Gasteiger partial charge in [0.05, 0.1) is 6.54 Å². The minimum atomic E-state index is -2.24. The van der Waals surface area contributed by atoms with E-state index < -0.39 is 6.43 Å². The summed E-state index contributed by atoms with van der Waals surface area (Å²) in [6, 6.07) is 11.3. The Morgan fingerprint density at radius 3 is 2.48 bits per heavy atom. The molecule has 2 unspecified atom stereocenters. The first kappa shape index (κ1) is 20.4. The van der Waals surface area contributed by atoms with Crippen molar-refractivity contribution in [2.75, 3.05) is 26.7 Å². The van der Waals surface area contributed by atoms with E-state index in [0.717, 1.165) is 38.3 Å². The maximum atomic E-state index is 12.4. The van der Waals surface area contributed by atoms with Crippen LogP contribution in [0.2, 0.25) is 0 Å². The summed E-state index contributed by atoms with van der Waals surface area (Å²) in [6.45, 7) is 1.32. The van der Waals surface area contributed by atoms with Gasteiger partial charge in [0, 0.05) is 38.1 Å². The Balaban J connectivity index is 0.00000225. The lowest BCUT2D eigenvalue weighted by atomic mass is 10.1. The highest BCUT2D eigenvalue weighted by Gasteiger charge is 2.39. The fourth-order valence-electron chi connectivity index (χ4n) is 3.42. The van der Waals surface area contributed by atoms with Gasteiger partial charge in [0.2, 0.25) is 0 Å². The number of hydrogen-bond donors (Lipinski definition) is 2. The third-order valence-corrected chi connectivity index (χ3v) is 4.89. The molecular weight excluding hydrogens is 437 g/mol. The Labute approximate surface area is 165 Å². The zero-order valence-electron chi connectivity index (χ0n) is 14.5. The lowest BCUT2D eigenvalue weighted by molar-refractivity contribution is 0.0744. The summed E-state index contributed by atoms with van der Waals surface area (Å²) >= 11 is 0. The summed E-state index contributed by atoms with van der Waals surface area (Å²) in [5.74, 6) is 1.38. The van der Waals surface area contributed by atoms with Gasteiger partial charge in [0.1, 0.15) is 0 Å². The van der Waals surface area contributed by atoms with Gasteiger partial charge in [-0.3, -0.25) is 9.89 Å². The van der Waals surface area contributed by atoms with Crippen molar-refractivity contribution in [3.8, 4) is 0 Å². The van der Waals surface area contributed by atoms with Crippen LogP contribution in [-0.4, -0.2) is 56.1 Å². The van der Waals surface area contributed by atoms with Crippen molar-refractivity contribution in [3.05, 3.63) is 35.9 Å². The van der Waals surface area contributed by atoms with Gasteiger partial charge in [-0.25, -0.2) is 8.78 Å². The van der Waals surface area contributed by atoms with Gasteiger partial charge in [0.25, 0.3) is 6.43 Å². The Morgan fingerprint density at radius 2 is 1.88 bits per heavy atom. The Morgan fingerprint density at radius 1 is 1.20 bits per heavy atom. The molecule has 4 nitrogen and oxygen atoms in total. The monoisotopic (exact) mass is 464 g/mol. The minimum absolute atomic E-state index is 0. The molecule has 1 aliphatic heterocycles. The largest absolute Gasteiger partial charge is 0.354 e. The smallest absolute Gasteiger partial charge is 0.251 e. The average molecular weight is 464 g/mol. The molecular formula is C18H27F2IN4. The Kier molecular flexibility index (Phi) is 7.86. The third kappa shape index (κ3) is 6.06. The highest BCUT2D eigenvalue weighted by Crippen LogP contribution is 2.40. The SMILES string of the molecule is CN=C(NC1CCN(CC(F)F)CC1)NC1CC1c1ccccc1.I. The van der Waals surface area contributed by atoms with Crippen molar-refractivity contribution < 1.29 is 8.78 Å². The number of aliphatic imine (C=N–C) groups is 1. The predicted molar refractivity (Wildman–Crippen MR) is 108 cm³/mol. The number of halogens is 3. The van der Waals surface area contributed by atoms with Gasteiger partial charge < -0.3 is 10.6 Å². The summed E-state index contributed by atoms with van der Waals surface area (Å²) in [7, 11) is 1.78. The van der Waals surface area contributed by atoms with Crippen LogP contribution in [0.3, 0.4) is 0 Å². The highest BCUT2D eigenvalue weighted by atomic mass is 127. The summed E-state index contributed by atoms with van der Waals surface area (Å²) < 4.78 is 24.8. The number of nitrogens with one attached hydrogen (secondary N) is 2. The van der Waals surface area contributed by atoms with Crippen LogP contribution < -0.4 is 10.6 Å². The van der Waals surface area contributed by atoms with Crippen molar-refractivity contribution in [2.45, 2.75) is 43.7 Å². The van der Waals surface area contributed by atoms with E-state index in [1.54, 1.807) is 7.05 Å². The van der Waals surface area contributed by atoms with Gasteiger partial charge in [-0.2, -0.15) is 0 Å². The molecule has 0 radical (unpaired) electrons. The quantitative estimate of drug-likeness (QED) is 0.400. The normalized spacial score (nSPS) is 24.7. The molecule has 25 heavy (non-hydrogen) atoms. The summed E-state index contributed by atoms with van der Waals surface area (Å²) in [6.07, 6.45) is 0.631. The number of benzene rings is 1. The van der Waals surface area contributed by atoms with Crippen molar-refractivity contribution in [1.82, 2.24) is 15.5 Å². The molecule has 2 fully saturated rings. The summed E-state index contributed by atoms with van der Waals surface area (Å²) in [4.78, 5) is 6.16. The zero-order valence-corrected chi connectivity index (χ0v) is 16.8. The van der Waals surface area contributed by atoms with E-state index in [9.17, 15) is 8.78 Å². The van der Waals surface area contributed by atoms with Crippen molar-refractivity contribution in [2.24, 2.45) is 4.99 Å². The number of rotatable bonds is 5. The standard InChI is InChI=1S/C18H26F2N4.HI/c1-21-18(22-14-7-9-24(10-8-14)12-17(19)20)23-16-11-15(16)13-5-3-2-4-6-13;/h2-6,14-17H,7-12H2,1H3,(H2,21,22,23);1H. The molecule has 1 aromatic rings. The average Bonchev–Trinajstić information content (AvgIpc) is 3.35. The molecule has 0 aromatic heterocycles. The van der Waals surface area contributed by atoms with Gasteiger partial charge in [-0.05, 0) is 24.8 Å². The van der Waals surface area contributed by atoms with Crippen LogP contribution in [0.15, 0.2) is 35.3 Å². The fourth-order valence-corrected chi connectivity index (χ4v) is 3.42. The maximum Gasteiger partial charge on any atom is 0.251 e. The van der Waals surface area contributed by atoms with Gasteiger partial charge in [0.15, 0.2) is 5.96 Å². The van der Waals surface area contributed by atoms with E-state index in [1.807, 2.05) is 11.0 Å². The molecule has 2 atom stereocenters. The van der Waals surface area contributed by atoms with E-state index in [-0.39, 0.29) is 30.5 Å². The molecule has 140 valence electrons. The van der Waals surface area contributed by atoms with Crippen LogP contribution in [0.5, 0.6) is 0 Å². The second kappa shape index (κ2) is 9.66. The number of piperidine rings is 1. The van der Waals surface area contributed by atoms with Crippen LogP contribution in [0, 0.1) is 0 Å². The van der Waals surface area contributed by atoms with E-state index in [1.165, 1.54) is 5.56 Å². The minimum Gasteiger partial charge on any atom is -0.354 e. The molecule has 1 heterocycles. The number of alkyl halides is 2. The van der Waals surface area contributed by atoms with E-state index in [2.05, 4.69) is 39.9 Å². The molecule has 3 rings (SSSR count). The first-order chi connectivity index (χ1) is 11.7. The highest BCUT2D eigenvalue weighted by molar-refractivity contribution is 14.0. The molecule has 0 bridgehead atoms. The maximum absolute atomic E-state index is 12.4. The molecule has 0 amide bonds. The van der Waals surface area contributed by atoms with Gasteiger partial charge in [-0.15, -0.1) is 24.0 Å². The van der Waals surface area contributed by atoms with Gasteiger partial charge in [-0.1, -0.05) is 30.3 Å². The van der Waals surface area contributed by atoms with Gasteiger partial charge >= 0.3 is 0 Å². The fraction of sp³-hybridized carbons (Fsp3) is 0.611. The predicted octanol–water partition coefficient (Wildman–Crippen LogP) is 3.06. The molecule has 2 aliphatic rings. The summed E-state index contributed by atoms with van der Waals surface area (Å²) in [5.41, 5.74) is 1.37. The first-order valence-corrected chi connectivity index (χ1v) is 8.71. The molecule has 7 heteroatoms. The van der Waals surface area contributed by atoms with Crippen LogP contribution in [-0.2, 0) is 0 Å². The number of likely N-dealkylation sites (tertiary alicyclic amines) is 1. The first-order valence-electron chi connectivity index (χ1n) is 8.71. The van der Waals surface area contributed by atoms with E-state index in [0.29, 0.717) is 18.0 Å². The summed E-state index contributed by atoms with van der Waals surface area (Å²) in [5, 5.41) is 6.93. The topological polar surface area (TPSA) is 39.7 Å². The lowest BCUT2D eigenvalue weighted by Crippen LogP contribution is -2.49. The molecule has 1 aliphatic carbocycles. The third-order valence-electron chi connectivity index (χ3n) is 4.89. The van der Waals surface area contributed by atoms with Crippen molar-refractivity contribution >= 4 is 29.9 Å².